The SMILES string of the molecule is O=C(Cn1ccc(=O)c2ccccc21)Nc1c[nH]ccc1=O. The molecule has 1 aromatic carbocycles. The standard InChI is InChI=1S/C16H13N3O3/c20-14-6-8-19(13-4-2-1-3-11(13)14)10-16(22)18-12-9-17-7-5-15(12)21/h1-9H,10H2,(H,17,21)(H,18,22). The highest BCUT2D eigenvalue weighted by Crippen LogP contribution is 2.09. The molecule has 0 unspecified atom stereocenters. The Balaban J connectivity index is 1.89. The van der Waals surface area contributed by atoms with Crippen LogP contribution in [0.25, 0.3) is 10.9 Å². The van der Waals surface area contributed by atoms with E-state index in [4.69, 9.17) is 0 Å². The van der Waals surface area contributed by atoms with Gasteiger partial charge in [-0.3, -0.25) is 14.4 Å². The zero-order valence-electron chi connectivity index (χ0n) is 11.6. The van der Waals surface area contributed by atoms with E-state index in [9.17, 15) is 14.4 Å². The maximum absolute atomic E-state index is 12.1. The van der Waals surface area contributed by atoms with Crippen molar-refractivity contribution in [3.63, 3.8) is 0 Å². The second-order valence-corrected chi connectivity index (χ2v) is 4.80. The quantitative estimate of drug-likeness (QED) is 0.764. The van der Waals surface area contributed by atoms with Crippen molar-refractivity contribution >= 4 is 22.5 Å². The predicted octanol–water partition coefficient (Wildman–Crippen LogP) is 1.33. The molecule has 3 rings (SSSR count). The van der Waals surface area contributed by atoms with Gasteiger partial charge in [-0.15, -0.1) is 0 Å². The molecule has 2 heterocycles. The maximum Gasteiger partial charge on any atom is 0.244 e. The molecule has 0 aliphatic rings. The first-order valence-electron chi connectivity index (χ1n) is 6.70. The molecule has 0 atom stereocenters. The average molecular weight is 295 g/mol. The Morgan fingerprint density at radius 1 is 1.09 bits per heavy atom. The number of hydrogen-bond donors (Lipinski definition) is 2. The summed E-state index contributed by atoms with van der Waals surface area (Å²) in [7, 11) is 0. The molecule has 0 fully saturated rings. The van der Waals surface area contributed by atoms with Crippen LogP contribution in [-0.2, 0) is 11.3 Å². The summed E-state index contributed by atoms with van der Waals surface area (Å²) in [5.74, 6) is -0.342. The molecule has 0 aliphatic carbocycles. The molecule has 1 amide bonds. The van der Waals surface area contributed by atoms with Crippen molar-refractivity contribution in [2.45, 2.75) is 6.54 Å². The number of benzene rings is 1. The monoisotopic (exact) mass is 295 g/mol. The zero-order valence-corrected chi connectivity index (χ0v) is 11.6. The number of anilines is 1. The third-order valence-electron chi connectivity index (χ3n) is 3.30. The third-order valence-corrected chi connectivity index (χ3v) is 3.30. The van der Waals surface area contributed by atoms with Crippen molar-refractivity contribution in [2.75, 3.05) is 5.32 Å². The van der Waals surface area contributed by atoms with Gasteiger partial charge in [-0.05, 0) is 12.1 Å². The molecule has 0 radical (unpaired) electrons. The minimum Gasteiger partial charge on any atom is -0.366 e. The van der Waals surface area contributed by atoms with Crippen LogP contribution < -0.4 is 16.2 Å². The summed E-state index contributed by atoms with van der Waals surface area (Å²) < 4.78 is 1.67. The molecule has 2 aromatic heterocycles. The lowest BCUT2D eigenvalue weighted by molar-refractivity contribution is -0.116. The molecular weight excluding hydrogens is 282 g/mol. The van der Waals surface area contributed by atoms with Crippen LogP contribution in [-0.4, -0.2) is 15.5 Å². The van der Waals surface area contributed by atoms with Gasteiger partial charge < -0.3 is 14.9 Å². The van der Waals surface area contributed by atoms with Gasteiger partial charge >= 0.3 is 0 Å². The van der Waals surface area contributed by atoms with E-state index in [1.807, 2.05) is 0 Å². The first-order valence-corrected chi connectivity index (χ1v) is 6.70. The van der Waals surface area contributed by atoms with E-state index in [1.165, 1.54) is 24.5 Å². The van der Waals surface area contributed by atoms with Crippen LogP contribution in [0.15, 0.2) is 64.6 Å². The second kappa shape index (κ2) is 5.69. The summed E-state index contributed by atoms with van der Waals surface area (Å²) in [5.41, 5.74) is 0.508. The number of aromatic nitrogens is 2. The number of nitrogens with one attached hydrogen (secondary N) is 2. The van der Waals surface area contributed by atoms with E-state index in [0.717, 1.165) is 0 Å². The molecule has 6 heteroatoms. The number of rotatable bonds is 3. The van der Waals surface area contributed by atoms with Crippen molar-refractivity contribution < 1.29 is 4.79 Å². The van der Waals surface area contributed by atoms with Crippen LogP contribution in [0.5, 0.6) is 0 Å². The molecule has 110 valence electrons. The summed E-state index contributed by atoms with van der Waals surface area (Å²) >= 11 is 0. The molecule has 22 heavy (non-hydrogen) atoms. The van der Waals surface area contributed by atoms with Crippen LogP contribution in [0.1, 0.15) is 0 Å². The summed E-state index contributed by atoms with van der Waals surface area (Å²) in [4.78, 5) is 38.2. The van der Waals surface area contributed by atoms with Crippen LogP contribution in [0.4, 0.5) is 5.69 Å². The molecular formula is C16H13N3O3. The number of pyridine rings is 2. The lowest BCUT2D eigenvalue weighted by Crippen LogP contribution is -2.23. The molecule has 0 spiro atoms. The smallest absolute Gasteiger partial charge is 0.244 e. The highest BCUT2D eigenvalue weighted by Gasteiger charge is 2.08. The van der Waals surface area contributed by atoms with Gasteiger partial charge in [-0.25, -0.2) is 0 Å². The van der Waals surface area contributed by atoms with Crippen LogP contribution in [0, 0.1) is 0 Å². The maximum atomic E-state index is 12.1. The van der Waals surface area contributed by atoms with Crippen molar-refractivity contribution in [3.8, 4) is 0 Å². The number of carbonyl (C=O) groups excluding carboxylic acids is 1. The number of carbonyl (C=O) groups is 1. The molecule has 0 saturated heterocycles. The van der Waals surface area contributed by atoms with E-state index >= 15 is 0 Å². The highest BCUT2D eigenvalue weighted by molar-refractivity contribution is 5.91. The second-order valence-electron chi connectivity index (χ2n) is 4.80. The fraction of sp³-hybridized carbons (Fsp3) is 0.0625. The molecule has 0 bridgehead atoms. The Morgan fingerprint density at radius 2 is 1.91 bits per heavy atom. The van der Waals surface area contributed by atoms with E-state index in [2.05, 4.69) is 10.3 Å². The van der Waals surface area contributed by atoms with Gasteiger partial charge in [0.15, 0.2) is 5.43 Å². The summed E-state index contributed by atoms with van der Waals surface area (Å²) in [6, 6.07) is 9.83. The molecule has 3 aromatic rings. The number of fused-ring (bicyclic) bond motifs is 1. The van der Waals surface area contributed by atoms with E-state index in [1.54, 1.807) is 35.0 Å². The minimum absolute atomic E-state index is 0.00906. The number of aromatic amines is 1. The third kappa shape index (κ3) is 2.67. The van der Waals surface area contributed by atoms with E-state index < -0.39 is 0 Å². The first kappa shape index (κ1) is 13.8. The number of hydrogen-bond acceptors (Lipinski definition) is 3. The molecule has 0 aliphatic heterocycles. The number of nitrogens with zero attached hydrogens (tertiary/aromatic N) is 1. The molecule has 2 N–H and O–H groups in total. The average Bonchev–Trinajstić information content (AvgIpc) is 2.53. The topological polar surface area (TPSA) is 84.0 Å². The lowest BCUT2D eigenvalue weighted by Gasteiger charge is -2.10. The summed E-state index contributed by atoms with van der Waals surface area (Å²) in [5, 5.41) is 3.11. The fourth-order valence-corrected chi connectivity index (χ4v) is 2.26. The Bertz CT molecular complexity index is 956. The summed E-state index contributed by atoms with van der Waals surface area (Å²) in [6.45, 7) is 0.00906. The van der Waals surface area contributed by atoms with Crippen LogP contribution >= 0.6 is 0 Å². The lowest BCUT2D eigenvalue weighted by atomic mass is 10.2. The zero-order chi connectivity index (χ0) is 15.5. The largest absolute Gasteiger partial charge is 0.366 e. The Labute approximate surface area is 125 Å². The van der Waals surface area contributed by atoms with Crippen molar-refractivity contribution in [1.82, 2.24) is 9.55 Å². The number of H-pyrrole nitrogens is 1. The number of para-hydroxylation sites is 1. The fourth-order valence-electron chi connectivity index (χ4n) is 2.26. The normalized spacial score (nSPS) is 10.5. The van der Waals surface area contributed by atoms with Gasteiger partial charge in [-0.1, -0.05) is 12.1 Å². The van der Waals surface area contributed by atoms with Crippen LogP contribution in [0.2, 0.25) is 0 Å². The van der Waals surface area contributed by atoms with Crippen molar-refractivity contribution in [2.24, 2.45) is 0 Å². The predicted molar refractivity (Wildman–Crippen MR) is 83.9 cm³/mol. The molecule has 0 saturated carbocycles. The van der Waals surface area contributed by atoms with Gasteiger partial charge in [0.05, 0.1) is 5.52 Å². The number of amides is 1. The van der Waals surface area contributed by atoms with Gasteiger partial charge in [0.25, 0.3) is 0 Å². The van der Waals surface area contributed by atoms with Crippen molar-refractivity contribution in [1.29, 1.82) is 0 Å². The van der Waals surface area contributed by atoms with Gasteiger partial charge in [-0.2, -0.15) is 0 Å². The van der Waals surface area contributed by atoms with E-state index in [-0.39, 0.29) is 29.0 Å². The molecule has 6 nitrogen and oxygen atoms in total. The highest BCUT2D eigenvalue weighted by atomic mass is 16.2. The summed E-state index contributed by atoms with van der Waals surface area (Å²) in [6.07, 6.45) is 4.50. The first-order chi connectivity index (χ1) is 10.6. The van der Waals surface area contributed by atoms with Crippen molar-refractivity contribution in [3.05, 3.63) is 75.4 Å². The Hall–Kier alpha value is -3.15. The van der Waals surface area contributed by atoms with E-state index in [0.29, 0.717) is 10.9 Å². The van der Waals surface area contributed by atoms with Gasteiger partial charge in [0.2, 0.25) is 11.3 Å². The Morgan fingerprint density at radius 3 is 2.73 bits per heavy atom. The minimum atomic E-state index is -0.342. The van der Waals surface area contributed by atoms with Crippen LogP contribution in [0.3, 0.4) is 0 Å². The van der Waals surface area contributed by atoms with Gasteiger partial charge in [0.1, 0.15) is 12.2 Å². The Kier molecular flexibility index (Phi) is 3.57. The van der Waals surface area contributed by atoms with Gasteiger partial charge in [0, 0.05) is 36.1 Å².